The van der Waals surface area contributed by atoms with Crippen molar-refractivity contribution >= 4 is 21.7 Å². The highest BCUT2D eigenvalue weighted by atomic mass is 79.9. The van der Waals surface area contributed by atoms with Crippen LogP contribution in [-0.4, -0.2) is 4.98 Å². The first-order chi connectivity index (χ1) is 8.79. The first-order valence-electron chi connectivity index (χ1n) is 5.07. The van der Waals surface area contributed by atoms with E-state index in [1.54, 1.807) is 0 Å². The number of nitrogen functional groups attached to an aromatic ring is 1. The zero-order chi connectivity index (χ0) is 14.2. The minimum absolute atomic E-state index is 0.0199. The summed E-state index contributed by atoms with van der Waals surface area (Å²) in [7, 11) is 0. The van der Waals surface area contributed by atoms with E-state index in [0.717, 1.165) is 12.3 Å². The lowest BCUT2D eigenvalue weighted by Crippen LogP contribution is -2.10. The van der Waals surface area contributed by atoms with Gasteiger partial charge in [-0.1, -0.05) is 22.0 Å². The van der Waals surface area contributed by atoms with E-state index in [1.165, 1.54) is 18.2 Å². The molecule has 1 heterocycles. The van der Waals surface area contributed by atoms with Crippen molar-refractivity contribution in [3.05, 3.63) is 46.3 Å². The summed E-state index contributed by atoms with van der Waals surface area (Å²) >= 11 is 3.07. The third-order valence-corrected chi connectivity index (χ3v) is 2.96. The van der Waals surface area contributed by atoms with E-state index >= 15 is 0 Å². The molecule has 0 saturated carbocycles. The molecule has 0 unspecified atom stereocenters. The second-order valence-electron chi connectivity index (χ2n) is 3.78. The third-order valence-electron chi connectivity index (χ3n) is 2.47. The molecule has 0 saturated heterocycles. The van der Waals surface area contributed by atoms with Crippen LogP contribution in [0.2, 0.25) is 0 Å². The number of hydrogen-bond acceptors (Lipinski definition) is 2. The molecule has 2 N–H and O–H groups in total. The van der Waals surface area contributed by atoms with E-state index in [0.29, 0.717) is 4.47 Å². The predicted molar refractivity (Wildman–Crippen MR) is 66.7 cm³/mol. The second-order valence-corrected chi connectivity index (χ2v) is 4.69. The van der Waals surface area contributed by atoms with Gasteiger partial charge in [0.05, 0.1) is 5.56 Å². The molecule has 2 nitrogen and oxygen atoms in total. The number of alkyl halides is 3. The van der Waals surface area contributed by atoms with Crippen LogP contribution in [0.25, 0.3) is 11.1 Å². The lowest BCUT2D eigenvalue weighted by atomic mass is 10.0. The maximum Gasteiger partial charge on any atom is 0.419 e. The summed E-state index contributed by atoms with van der Waals surface area (Å²) in [6.07, 6.45) is -3.52. The Bertz CT molecular complexity index is 626. The molecule has 1 aromatic heterocycles. The Balaban J connectivity index is 2.58. The van der Waals surface area contributed by atoms with Gasteiger partial charge in [-0.05, 0) is 18.2 Å². The van der Waals surface area contributed by atoms with Gasteiger partial charge in [0, 0.05) is 21.8 Å². The fraction of sp³-hybridized carbons (Fsp3) is 0.0833. The lowest BCUT2D eigenvalue weighted by molar-refractivity contribution is -0.137. The number of pyridine rings is 1. The van der Waals surface area contributed by atoms with Crippen LogP contribution >= 0.6 is 15.9 Å². The van der Waals surface area contributed by atoms with Crippen LogP contribution < -0.4 is 5.73 Å². The summed E-state index contributed by atoms with van der Waals surface area (Å²) in [4.78, 5) is 3.46. The minimum atomic E-state index is -4.63. The number of hydrogen-bond donors (Lipinski definition) is 1. The van der Waals surface area contributed by atoms with Gasteiger partial charge >= 0.3 is 6.18 Å². The minimum Gasteiger partial charge on any atom is -0.383 e. The molecular weight excluding hydrogens is 328 g/mol. The number of rotatable bonds is 1. The van der Waals surface area contributed by atoms with Gasteiger partial charge in [0.2, 0.25) is 0 Å². The number of anilines is 1. The molecule has 7 heteroatoms. The Morgan fingerprint density at radius 3 is 2.42 bits per heavy atom. The van der Waals surface area contributed by atoms with E-state index < -0.39 is 23.4 Å². The number of benzene rings is 1. The van der Waals surface area contributed by atoms with E-state index in [2.05, 4.69) is 20.9 Å². The average molecular weight is 335 g/mol. The van der Waals surface area contributed by atoms with Crippen molar-refractivity contribution in [3.63, 3.8) is 0 Å². The predicted octanol–water partition coefficient (Wildman–Crippen LogP) is 4.25. The van der Waals surface area contributed by atoms with Crippen molar-refractivity contribution in [2.24, 2.45) is 0 Å². The first-order valence-corrected chi connectivity index (χ1v) is 5.86. The van der Waals surface area contributed by atoms with Gasteiger partial charge in [0.1, 0.15) is 11.6 Å². The Morgan fingerprint density at radius 1 is 1.16 bits per heavy atom. The maximum absolute atomic E-state index is 13.7. The Labute approximate surface area is 114 Å². The van der Waals surface area contributed by atoms with E-state index in [-0.39, 0.29) is 11.1 Å². The monoisotopic (exact) mass is 334 g/mol. The molecule has 0 amide bonds. The van der Waals surface area contributed by atoms with Crippen LogP contribution in [0.3, 0.4) is 0 Å². The largest absolute Gasteiger partial charge is 0.419 e. The van der Waals surface area contributed by atoms with Crippen molar-refractivity contribution in [1.82, 2.24) is 4.98 Å². The van der Waals surface area contributed by atoms with E-state index in [4.69, 9.17) is 5.73 Å². The molecule has 1 aromatic carbocycles. The average Bonchev–Trinajstić information content (AvgIpc) is 2.29. The highest BCUT2D eigenvalue weighted by Crippen LogP contribution is 2.35. The number of halogens is 5. The standard InChI is InChI=1S/C12H7BrF4N2/c13-7-1-2-8(10(14)4-7)6-3-9(12(15,16)17)11(18)19-5-6/h1-5H,(H2,18,19). The molecule has 2 rings (SSSR count). The van der Waals surface area contributed by atoms with Gasteiger partial charge in [-0.3, -0.25) is 0 Å². The van der Waals surface area contributed by atoms with Crippen molar-refractivity contribution in [1.29, 1.82) is 0 Å². The van der Waals surface area contributed by atoms with Crippen molar-refractivity contribution in [3.8, 4) is 11.1 Å². The van der Waals surface area contributed by atoms with Gasteiger partial charge in [-0.25, -0.2) is 9.37 Å². The van der Waals surface area contributed by atoms with Gasteiger partial charge in [-0.2, -0.15) is 13.2 Å². The molecular formula is C12H7BrF4N2. The molecule has 19 heavy (non-hydrogen) atoms. The van der Waals surface area contributed by atoms with E-state index in [1.807, 2.05) is 0 Å². The van der Waals surface area contributed by atoms with Crippen LogP contribution in [0.5, 0.6) is 0 Å². The molecule has 0 atom stereocenters. The lowest BCUT2D eigenvalue weighted by Gasteiger charge is -2.11. The second kappa shape index (κ2) is 4.80. The quantitative estimate of drug-likeness (QED) is 0.792. The van der Waals surface area contributed by atoms with Crippen LogP contribution in [-0.2, 0) is 6.18 Å². The van der Waals surface area contributed by atoms with Gasteiger partial charge in [0.25, 0.3) is 0 Å². The SMILES string of the molecule is Nc1ncc(-c2ccc(Br)cc2F)cc1C(F)(F)F. The van der Waals surface area contributed by atoms with E-state index in [9.17, 15) is 17.6 Å². The Kier molecular flexibility index (Phi) is 3.49. The molecule has 0 fully saturated rings. The summed E-state index contributed by atoms with van der Waals surface area (Å²) in [6.45, 7) is 0. The Hall–Kier alpha value is -1.63. The smallest absolute Gasteiger partial charge is 0.383 e. The Morgan fingerprint density at radius 2 is 1.84 bits per heavy atom. The van der Waals surface area contributed by atoms with Gasteiger partial charge in [0.15, 0.2) is 0 Å². The normalized spacial score (nSPS) is 11.6. The summed E-state index contributed by atoms with van der Waals surface area (Å²) in [5.74, 6) is -1.28. The maximum atomic E-state index is 13.7. The summed E-state index contributed by atoms with van der Waals surface area (Å²) in [5, 5.41) is 0. The fourth-order valence-electron chi connectivity index (χ4n) is 1.57. The zero-order valence-corrected chi connectivity index (χ0v) is 10.9. The van der Waals surface area contributed by atoms with Gasteiger partial charge in [-0.15, -0.1) is 0 Å². The van der Waals surface area contributed by atoms with Gasteiger partial charge < -0.3 is 5.73 Å². The highest BCUT2D eigenvalue weighted by molar-refractivity contribution is 9.10. The summed E-state index contributed by atoms with van der Waals surface area (Å²) in [5.41, 5.74) is 4.16. The summed E-state index contributed by atoms with van der Waals surface area (Å²) < 4.78 is 52.3. The first kappa shape index (κ1) is 13.8. The molecule has 2 aromatic rings. The number of nitrogens with two attached hydrogens (primary N) is 1. The summed E-state index contributed by atoms with van der Waals surface area (Å²) in [6, 6.07) is 4.85. The molecule has 0 radical (unpaired) electrons. The van der Waals surface area contributed by atoms with Crippen molar-refractivity contribution in [2.45, 2.75) is 6.18 Å². The zero-order valence-electron chi connectivity index (χ0n) is 9.30. The molecule has 100 valence electrons. The van der Waals surface area contributed by atoms with Crippen LogP contribution in [0.4, 0.5) is 23.4 Å². The number of nitrogens with zero attached hydrogens (tertiary/aromatic N) is 1. The molecule has 0 aliphatic heterocycles. The fourth-order valence-corrected chi connectivity index (χ4v) is 1.91. The van der Waals surface area contributed by atoms with Crippen molar-refractivity contribution in [2.75, 3.05) is 5.73 Å². The molecule has 0 bridgehead atoms. The van der Waals surface area contributed by atoms with Crippen LogP contribution in [0, 0.1) is 5.82 Å². The molecule has 0 aliphatic carbocycles. The van der Waals surface area contributed by atoms with Crippen LogP contribution in [0.15, 0.2) is 34.9 Å². The third kappa shape index (κ3) is 2.86. The topological polar surface area (TPSA) is 38.9 Å². The van der Waals surface area contributed by atoms with Crippen molar-refractivity contribution < 1.29 is 17.6 Å². The molecule has 0 aliphatic rings. The number of aromatic nitrogens is 1. The highest BCUT2D eigenvalue weighted by Gasteiger charge is 2.34. The van der Waals surface area contributed by atoms with Crippen LogP contribution in [0.1, 0.15) is 5.56 Å². The molecule has 0 spiro atoms.